The van der Waals surface area contributed by atoms with Gasteiger partial charge in [-0.2, -0.15) is 0 Å². The molecule has 5 heteroatoms. The van der Waals surface area contributed by atoms with Crippen LogP contribution in [-0.4, -0.2) is 4.98 Å². The van der Waals surface area contributed by atoms with Gasteiger partial charge in [0.05, 0.1) is 5.56 Å². The molecule has 0 N–H and O–H groups in total. The van der Waals surface area contributed by atoms with Crippen LogP contribution in [0.4, 0.5) is 8.78 Å². The van der Waals surface area contributed by atoms with Crippen LogP contribution in [0.15, 0.2) is 21.3 Å². The zero-order valence-corrected chi connectivity index (χ0v) is 8.36. The van der Waals surface area contributed by atoms with Gasteiger partial charge < -0.3 is 0 Å². The highest BCUT2D eigenvalue weighted by Crippen LogP contribution is 2.26. The van der Waals surface area contributed by atoms with Crippen molar-refractivity contribution in [2.75, 3.05) is 0 Å². The molecular formula is C6H3Br2F2N. The summed E-state index contributed by atoms with van der Waals surface area (Å²) in [5.74, 6) is 0. The van der Waals surface area contributed by atoms with E-state index in [1.54, 1.807) is 0 Å². The molecule has 1 aromatic heterocycles. The van der Waals surface area contributed by atoms with Crippen molar-refractivity contribution in [2.24, 2.45) is 0 Å². The van der Waals surface area contributed by atoms with E-state index in [0.29, 0.717) is 4.60 Å². The maximum atomic E-state index is 12.1. The van der Waals surface area contributed by atoms with Gasteiger partial charge in [0.2, 0.25) is 0 Å². The summed E-state index contributed by atoms with van der Waals surface area (Å²) in [4.78, 5) is 3.75. The second-order valence-electron chi connectivity index (χ2n) is 1.81. The molecule has 0 saturated carbocycles. The van der Waals surface area contributed by atoms with Crippen molar-refractivity contribution in [3.63, 3.8) is 0 Å². The Kier molecular flexibility index (Phi) is 2.95. The third-order valence-electron chi connectivity index (χ3n) is 1.08. The highest BCUT2D eigenvalue weighted by Gasteiger charge is 2.11. The first-order valence-electron chi connectivity index (χ1n) is 2.71. The molecule has 0 fully saturated rings. The molecule has 0 aliphatic carbocycles. The van der Waals surface area contributed by atoms with Crippen LogP contribution in [0.3, 0.4) is 0 Å². The summed E-state index contributed by atoms with van der Waals surface area (Å²) in [6.45, 7) is 0. The Morgan fingerprint density at radius 2 is 1.91 bits per heavy atom. The molecule has 0 atom stereocenters. The fourth-order valence-corrected chi connectivity index (χ4v) is 1.63. The van der Waals surface area contributed by atoms with Crippen LogP contribution >= 0.6 is 31.9 Å². The molecule has 0 unspecified atom stereocenters. The van der Waals surface area contributed by atoms with E-state index < -0.39 is 6.43 Å². The first-order chi connectivity index (χ1) is 5.11. The molecule has 0 bridgehead atoms. The summed E-state index contributed by atoms with van der Waals surface area (Å²) in [6, 6.07) is 2.80. The van der Waals surface area contributed by atoms with Crippen LogP contribution in [0.2, 0.25) is 0 Å². The Balaban J connectivity index is 3.09. The third-order valence-corrected chi connectivity index (χ3v) is 2.16. The minimum absolute atomic E-state index is 0.0896. The van der Waals surface area contributed by atoms with E-state index in [9.17, 15) is 8.78 Å². The molecule has 0 aliphatic rings. The van der Waals surface area contributed by atoms with Gasteiger partial charge >= 0.3 is 0 Å². The van der Waals surface area contributed by atoms with E-state index in [2.05, 4.69) is 36.8 Å². The van der Waals surface area contributed by atoms with Crippen molar-refractivity contribution < 1.29 is 8.78 Å². The van der Waals surface area contributed by atoms with Crippen molar-refractivity contribution >= 4 is 31.9 Å². The maximum absolute atomic E-state index is 12.1. The number of aromatic nitrogens is 1. The SMILES string of the molecule is FC(F)c1ccc(Br)nc1Br. The molecule has 1 heterocycles. The van der Waals surface area contributed by atoms with E-state index in [-0.39, 0.29) is 10.2 Å². The van der Waals surface area contributed by atoms with Crippen LogP contribution in [0.5, 0.6) is 0 Å². The maximum Gasteiger partial charge on any atom is 0.266 e. The Morgan fingerprint density at radius 3 is 2.36 bits per heavy atom. The minimum Gasteiger partial charge on any atom is -0.234 e. The number of hydrogen-bond acceptors (Lipinski definition) is 1. The summed E-state index contributed by atoms with van der Waals surface area (Å²) < 4.78 is 24.9. The van der Waals surface area contributed by atoms with Gasteiger partial charge in [0.15, 0.2) is 0 Å². The molecule has 1 aromatic rings. The second kappa shape index (κ2) is 3.58. The Hall–Kier alpha value is -0.0300. The highest BCUT2D eigenvalue weighted by molar-refractivity contribution is 9.11. The smallest absolute Gasteiger partial charge is 0.234 e. The van der Waals surface area contributed by atoms with Gasteiger partial charge in [-0.1, -0.05) is 0 Å². The molecule has 0 aromatic carbocycles. The van der Waals surface area contributed by atoms with Crippen molar-refractivity contribution in [3.8, 4) is 0 Å². The number of hydrogen-bond donors (Lipinski definition) is 0. The molecule has 0 aliphatic heterocycles. The lowest BCUT2D eigenvalue weighted by atomic mass is 10.3. The molecule has 60 valence electrons. The van der Waals surface area contributed by atoms with Crippen LogP contribution in [-0.2, 0) is 0 Å². The van der Waals surface area contributed by atoms with Crippen LogP contribution in [0, 0.1) is 0 Å². The van der Waals surface area contributed by atoms with Gasteiger partial charge in [-0.05, 0) is 44.0 Å². The lowest BCUT2D eigenvalue weighted by molar-refractivity contribution is 0.150. The largest absolute Gasteiger partial charge is 0.266 e. The zero-order chi connectivity index (χ0) is 8.43. The van der Waals surface area contributed by atoms with Crippen molar-refractivity contribution in [1.29, 1.82) is 0 Å². The monoisotopic (exact) mass is 285 g/mol. The fraction of sp³-hybridized carbons (Fsp3) is 0.167. The molecule has 1 nitrogen and oxygen atoms in total. The Morgan fingerprint density at radius 1 is 1.27 bits per heavy atom. The van der Waals surface area contributed by atoms with E-state index >= 15 is 0 Å². The lowest BCUT2D eigenvalue weighted by Crippen LogP contribution is -1.88. The quantitative estimate of drug-likeness (QED) is 0.720. The zero-order valence-electron chi connectivity index (χ0n) is 5.19. The van der Waals surface area contributed by atoms with Gasteiger partial charge in [-0.3, -0.25) is 0 Å². The average Bonchev–Trinajstić information content (AvgIpc) is 1.85. The van der Waals surface area contributed by atoms with Gasteiger partial charge in [-0.25, -0.2) is 13.8 Å². The molecule has 1 rings (SSSR count). The summed E-state index contributed by atoms with van der Waals surface area (Å²) in [5, 5.41) is 0. The molecule has 0 spiro atoms. The normalized spacial score (nSPS) is 10.6. The highest BCUT2D eigenvalue weighted by atomic mass is 79.9. The van der Waals surface area contributed by atoms with Crippen molar-refractivity contribution in [1.82, 2.24) is 4.98 Å². The summed E-state index contributed by atoms with van der Waals surface area (Å²) in [5.41, 5.74) is -0.0896. The van der Waals surface area contributed by atoms with Gasteiger partial charge in [-0.15, -0.1) is 0 Å². The van der Waals surface area contributed by atoms with E-state index in [1.807, 2.05) is 0 Å². The first-order valence-corrected chi connectivity index (χ1v) is 4.30. The number of nitrogens with zero attached hydrogens (tertiary/aromatic N) is 1. The topological polar surface area (TPSA) is 12.9 Å². The lowest BCUT2D eigenvalue weighted by Gasteiger charge is -2.00. The molecular weight excluding hydrogens is 284 g/mol. The van der Waals surface area contributed by atoms with Gasteiger partial charge in [0, 0.05) is 0 Å². The van der Waals surface area contributed by atoms with Crippen molar-refractivity contribution in [3.05, 3.63) is 26.9 Å². The van der Waals surface area contributed by atoms with Gasteiger partial charge in [0.25, 0.3) is 6.43 Å². The standard InChI is InChI=1S/C6H3Br2F2N/c7-4-2-1-3(6(9)10)5(8)11-4/h1-2,6H. The van der Waals surface area contributed by atoms with Crippen LogP contribution in [0.1, 0.15) is 12.0 Å². The predicted molar refractivity (Wildman–Crippen MR) is 44.6 cm³/mol. The van der Waals surface area contributed by atoms with E-state index in [0.717, 1.165) is 0 Å². The number of alkyl halides is 2. The van der Waals surface area contributed by atoms with Gasteiger partial charge in [0.1, 0.15) is 9.21 Å². The summed E-state index contributed by atoms with van der Waals surface area (Å²) in [7, 11) is 0. The molecule has 0 radical (unpaired) electrons. The van der Waals surface area contributed by atoms with Crippen molar-refractivity contribution in [2.45, 2.75) is 6.43 Å². The van der Waals surface area contributed by atoms with E-state index in [4.69, 9.17) is 0 Å². The number of pyridine rings is 1. The third kappa shape index (κ3) is 2.20. The minimum atomic E-state index is -2.48. The Labute approximate surface area is 79.1 Å². The van der Waals surface area contributed by atoms with Crippen LogP contribution < -0.4 is 0 Å². The number of rotatable bonds is 1. The second-order valence-corrected chi connectivity index (χ2v) is 3.38. The van der Waals surface area contributed by atoms with E-state index in [1.165, 1.54) is 12.1 Å². The summed E-state index contributed by atoms with van der Waals surface area (Å²) >= 11 is 5.99. The molecule has 0 saturated heterocycles. The first kappa shape index (κ1) is 9.06. The summed E-state index contributed by atoms with van der Waals surface area (Å²) in [6.07, 6.45) is -2.48. The molecule has 11 heavy (non-hydrogen) atoms. The average molecular weight is 287 g/mol. The Bertz CT molecular complexity index is 265. The number of halogens is 4. The van der Waals surface area contributed by atoms with Crippen LogP contribution in [0.25, 0.3) is 0 Å². The predicted octanol–water partition coefficient (Wildman–Crippen LogP) is 3.54. The fourth-order valence-electron chi connectivity index (χ4n) is 0.586. The molecule has 0 amide bonds.